The van der Waals surface area contributed by atoms with Gasteiger partial charge in [-0.25, -0.2) is 15.0 Å². The number of aromatic amines is 1. The van der Waals surface area contributed by atoms with Crippen LogP contribution >= 0.6 is 0 Å². The molecule has 2 aromatic heterocycles. The third-order valence-corrected chi connectivity index (χ3v) is 5.67. The zero-order valence-corrected chi connectivity index (χ0v) is 17.9. The second-order valence-corrected chi connectivity index (χ2v) is 7.63. The summed E-state index contributed by atoms with van der Waals surface area (Å²) in [6.07, 6.45) is 3.24. The summed E-state index contributed by atoms with van der Waals surface area (Å²) in [6, 6.07) is 15.5. The van der Waals surface area contributed by atoms with Crippen LogP contribution in [-0.2, 0) is 0 Å². The quantitative estimate of drug-likeness (QED) is 0.524. The molecule has 1 N–H and O–H groups in total. The number of carbonyl (C=O) groups is 1. The molecular weight excluding hydrogens is 404 g/mol. The molecule has 8 nitrogen and oxygen atoms in total. The van der Waals surface area contributed by atoms with Gasteiger partial charge in [0.15, 0.2) is 0 Å². The third-order valence-electron chi connectivity index (χ3n) is 5.67. The summed E-state index contributed by atoms with van der Waals surface area (Å²) < 4.78 is 5.52. The Hall–Kier alpha value is -3.94. The van der Waals surface area contributed by atoms with E-state index in [-0.39, 0.29) is 5.91 Å². The Morgan fingerprint density at radius 2 is 1.81 bits per heavy atom. The molecule has 1 aliphatic rings. The van der Waals surface area contributed by atoms with Gasteiger partial charge in [0.2, 0.25) is 0 Å². The molecule has 0 unspecified atom stereocenters. The number of fused-ring (bicyclic) bond motifs is 1. The van der Waals surface area contributed by atoms with Gasteiger partial charge >= 0.3 is 0 Å². The van der Waals surface area contributed by atoms with Crippen LogP contribution in [0.4, 0.5) is 5.82 Å². The molecule has 1 fully saturated rings. The molecule has 0 saturated carbocycles. The summed E-state index contributed by atoms with van der Waals surface area (Å²) >= 11 is 0. The number of ether oxygens (including phenoxy) is 1. The summed E-state index contributed by atoms with van der Waals surface area (Å²) in [6.45, 7) is 5.33. The van der Waals surface area contributed by atoms with Crippen LogP contribution < -0.4 is 9.64 Å². The van der Waals surface area contributed by atoms with Gasteiger partial charge in [-0.3, -0.25) is 4.79 Å². The number of imidazole rings is 1. The second-order valence-electron chi connectivity index (χ2n) is 7.63. The molecule has 4 aromatic rings. The number of piperazine rings is 1. The molecule has 0 radical (unpaired) electrons. The first-order chi connectivity index (χ1) is 15.7. The van der Waals surface area contributed by atoms with E-state index in [1.165, 1.54) is 0 Å². The Labute approximate surface area is 185 Å². The molecule has 0 spiro atoms. The van der Waals surface area contributed by atoms with Crippen molar-refractivity contribution in [1.29, 1.82) is 0 Å². The SMILES string of the molecule is CCOc1ccc(-c2cc(N3CCN(C(=O)c4ccc5nc[nH]c5c4)CC3)ncn2)cc1. The van der Waals surface area contributed by atoms with Crippen LogP contribution in [0.1, 0.15) is 17.3 Å². The van der Waals surface area contributed by atoms with Gasteiger partial charge in [0, 0.05) is 43.4 Å². The minimum absolute atomic E-state index is 0.0407. The van der Waals surface area contributed by atoms with Crippen LogP contribution in [0.2, 0.25) is 0 Å². The Balaban J connectivity index is 1.26. The maximum Gasteiger partial charge on any atom is 0.254 e. The molecular formula is C24H24N6O2. The van der Waals surface area contributed by atoms with Crippen molar-refractivity contribution in [2.45, 2.75) is 6.92 Å². The number of amides is 1. The maximum atomic E-state index is 13.0. The fourth-order valence-corrected chi connectivity index (χ4v) is 3.96. The second kappa shape index (κ2) is 8.66. The van der Waals surface area contributed by atoms with E-state index in [0.717, 1.165) is 46.9 Å². The molecule has 0 atom stereocenters. The molecule has 1 saturated heterocycles. The molecule has 1 amide bonds. The summed E-state index contributed by atoms with van der Waals surface area (Å²) in [4.78, 5) is 33.2. The number of carbonyl (C=O) groups excluding carboxylic acids is 1. The Kier molecular flexibility index (Phi) is 5.41. The zero-order valence-electron chi connectivity index (χ0n) is 17.9. The average molecular weight is 428 g/mol. The van der Waals surface area contributed by atoms with Crippen LogP contribution in [-0.4, -0.2) is 63.5 Å². The summed E-state index contributed by atoms with van der Waals surface area (Å²) in [5.41, 5.74) is 4.29. The Morgan fingerprint density at radius 1 is 1.00 bits per heavy atom. The molecule has 8 heteroatoms. The largest absolute Gasteiger partial charge is 0.494 e. The minimum Gasteiger partial charge on any atom is -0.494 e. The van der Waals surface area contributed by atoms with Crippen molar-refractivity contribution in [3.63, 3.8) is 0 Å². The van der Waals surface area contributed by atoms with Crippen LogP contribution in [0.5, 0.6) is 5.75 Å². The van der Waals surface area contributed by atoms with E-state index in [0.29, 0.717) is 25.3 Å². The Morgan fingerprint density at radius 3 is 2.59 bits per heavy atom. The predicted molar refractivity (Wildman–Crippen MR) is 123 cm³/mol. The van der Waals surface area contributed by atoms with Crippen LogP contribution in [0.25, 0.3) is 22.3 Å². The summed E-state index contributed by atoms with van der Waals surface area (Å²) in [5.74, 6) is 1.76. The smallest absolute Gasteiger partial charge is 0.254 e. The van der Waals surface area contributed by atoms with Crippen molar-refractivity contribution in [3.8, 4) is 17.0 Å². The van der Waals surface area contributed by atoms with E-state index in [4.69, 9.17) is 4.74 Å². The number of rotatable bonds is 5. The Bertz CT molecular complexity index is 1230. The van der Waals surface area contributed by atoms with E-state index in [9.17, 15) is 4.79 Å². The summed E-state index contributed by atoms with van der Waals surface area (Å²) in [7, 11) is 0. The molecule has 0 aliphatic carbocycles. The monoisotopic (exact) mass is 428 g/mol. The van der Waals surface area contributed by atoms with Crippen LogP contribution in [0.3, 0.4) is 0 Å². The molecule has 0 bridgehead atoms. The number of hydrogen-bond acceptors (Lipinski definition) is 6. The summed E-state index contributed by atoms with van der Waals surface area (Å²) in [5, 5.41) is 0. The number of benzene rings is 2. The highest BCUT2D eigenvalue weighted by molar-refractivity contribution is 5.97. The lowest BCUT2D eigenvalue weighted by molar-refractivity contribution is 0.0746. The van der Waals surface area contributed by atoms with Gasteiger partial charge in [-0.15, -0.1) is 0 Å². The number of hydrogen-bond donors (Lipinski definition) is 1. The lowest BCUT2D eigenvalue weighted by Crippen LogP contribution is -2.49. The first kappa shape index (κ1) is 20.0. The van der Waals surface area contributed by atoms with Gasteiger partial charge in [0.05, 0.1) is 29.7 Å². The minimum atomic E-state index is 0.0407. The van der Waals surface area contributed by atoms with E-state index < -0.39 is 0 Å². The van der Waals surface area contributed by atoms with E-state index in [2.05, 4.69) is 24.8 Å². The van der Waals surface area contributed by atoms with E-state index in [1.807, 2.05) is 60.4 Å². The number of nitrogens with zero attached hydrogens (tertiary/aromatic N) is 5. The van der Waals surface area contributed by atoms with Gasteiger partial charge < -0.3 is 19.5 Å². The van der Waals surface area contributed by atoms with Crippen LogP contribution in [0.15, 0.2) is 61.2 Å². The first-order valence-electron chi connectivity index (χ1n) is 10.7. The standard InChI is InChI=1S/C24H24N6O2/c1-2-32-19-6-3-17(4-7-19)21-14-23(28-16-26-21)29-9-11-30(12-10-29)24(31)18-5-8-20-22(13-18)27-15-25-20/h3-8,13-16H,2,9-12H2,1H3,(H,25,27). The number of aromatic nitrogens is 4. The fraction of sp³-hybridized carbons (Fsp3) is 0.250. The van der Waals surface area contributed by atoms with Crippen molar-refractivity contribution < 1.29 is 9.53 Å². The van der Waals surface area contributed by atoms with E-state index >= 15 is 0 Å². The lowest BCUT2D eigenvalue weighted by atomic mass is 10.1. The van der Waals surface area contributed by atoms with Crippen molar-refractivity contribution >= 4 is 22.8 Å². The molecule has 2 aromatic carbocycles. The van der Waals surface area contributed by atoms with E-state index in [1.54, 1.807) is 12.7 Å². The molecule has 32 heavy (non-hydrogen) atoms. The highest BCUT2D eigenvalue weighted by atomic mass is 16.5. The van der Waals surface area contributed by atoms with Gasteiger partial charge in [0.1, 0.15) is 17.9 Å². The maximum absolute atomic E-state index is 13.0. The van der Waals surface area contributed by atoms with Crippen molar-refractivity contribution in [2.75, 3.05) is 37.7 Å². The van der Waals surface area contributed by atoms with Crippen molar-refractivity contribution in [2.24, 2.45) is 0 Å². The van der Waals surface area contributed by atoms with Crippen molar-refractivity contribution in [1.82, 2.24) is 24.8 Å². The van der Waals surface area contributed by atoms with Gasteiger partial charge in [-0.05, 0) is 49.4 Å². The highest BCUT2D eigenvalue weighted by Gasteiger charge is 2.23. The number of anilines is 1. The molecule has 162 valence electrons. The zero-order chi connectivity index (χ0) is 21.9. The lowest BCUT2D eigenvalue weighted by Gasteiger charge is -2.35. The highest BCUT2D eigenvalue weighted by Crippen LogP contribution is 2.24. The predicted octanol–water partition coefficient (Wildman–Crippen LogP) is 3.38. The number of H-pyrrole nitrogens is 1. The van der Waals surface area contributed by atoms with Crippen molar-refractivity contribution in [3.05, 3.63) is 66.7 Å². The fourth-order valence-electron chi connectivity index (χ4n) is 3.96. The first-order valence-corrected chi connectivity index (χ1v) is 10.7. The third kappa shape index (κ3) is 3.99. The number of nitrogens with one attached hydrogen (secondary N) is 1. The van der Waals surface area contributed by atoms with Gasteiger partial charge in [-0.1, -0.05) is 0 Å². The van der Waals surface area contributed by atoms with Gasteiger partial charge in [0.25, 0.3) is 5.91 Å². The average Bonchev–Trinajstić information content (AvgIpc) is 3.32. The molecule has 3 heterocycles. The topological polar surface area (TPSA) is 87.2 Å². The van der Waals surface area contributed by atoms with Crippen LogP contribution in [0, 0.1) is 0 Å². The van der Waals surface area contributed by atoms with Gasteiger partial charge in [-0.2, -0.15) is 0 Å². The molecule has 1 aliphatic heterocycles. The molecule has 5 rings (SSSR count). The normalized spacial score (nSPS) is 14.0.